The van der Waals surface area contributed by atoms with Gasteiger partial charge < -0.3 is 0 Å². The van der Waals surface area contributed by atoms with Crippen LogP contribution >= 0.6 is 0 Å². The van der Waals surface area contributed by atoms with Crippen LogP contribution in [-0.4, -0.2) is 0 Å². The number of benzene rings is 2. The second-order valence-corrected chi connectivity index (χ2v) is 7.58. The fraction of sp³-hybridized carbons (Fsp3) is 0.478. The van der Waals surface area contributed by atoms with Gasteiger partial charge in [0.2, 0.25) is 0 Å². The van der Waals surface area contributed by atoms with Gasteiger partial charge in [-0.1, -0.05) is 88.4 Å². The summed E-state index contributed by atoms with van der Waals surface area (Å²) in [5.74, 6) is 2.78. The fourth-order valence-corrected chi connectivity index (χ4v) is 3.68. The molecule has 2 aromatic carbocycles. The Kier molecular flexibility index (Phi) is 6.89. The van der Waals surface area contributed by atoms with Crippen molar-refractivity contribution in [1.29, 1.82) is 0 Å². The zero-order valence-electron chi connectivity index (χ0n) is 15.2. The van der Waals surface area contributed by atoms with Gasteiger partial charge in [0.15, 0.2) is 0 Å². The molecule has 2 atom stereocenters. The average Bonchev–Trinajstić information content (AvgIpc) is 2.55. The molecule has 0 aliphatic rings. The van der Waals surface area contributed by atoms with Gasteiger partial charge in [0.1, 0.15) is 0 Å². The molecule has 124 valence electrons. The van der Waals surface area contributed by atoms with Gasteiger partial charge in [0.05, 0.1) is 0 Å². The molecule has 0 radical (unpaired) electrons. The van der Waals surface area contributed by atoms with Crippen LogP contribution in [-0.2, 0) is 0 Å². The Balaban J connectivity index is 2.09. The highest BCUT2D eigenvalue weighted by molar-refractivity contribution is 5.22. The maximum atomic E-state index is 2.36. The van der Waals surface area contributed by atoms with E-state index < -0.39 is 0 Å². The van der Waals surface area contributed by atoms with Gasteiger partial charge in [0.25, 0.3) is 0 Å². The van der Waals surface area contributed by atoms with Gasteiger partial charge in [-0.2, -0.15) is 0 Å². The molecule has 0 saturated heterocycles. The summed E-state index contributed by atoms with van der Waals surface area (Å²) in [7, 11) is 0. The van der Waals surface area contributed by atoms with E-state index in [1.54, 1.807) is 0 Å². The van der Waals surface area contributed by atoms with Gasteiger partial charge in [-0.25, -0.2) is 0 Å². The summed E-state index contributed by atoms with van der Waals surface area (Å²) >= 11 is 0. The lowest BCUT2D eigenvalue weighted by Gasteiger charge is -2.26. The van der Waals surface area contributed by atoms with Gasteiger partial charge >= 0.3 is 0 Å². The minimum Gasteiger partial charge on any atom is -0.0628 e. The van der Waals surface area contributed by atoms with E-state index in [9.17, 15) is 0 Å². The summed E-state index contributed by atoms with van der Waals surface area (Å²) in [4.78, 5) is 0. The Labute approximate surface area is 143 Å². The lowest BCUT2D eigenvalue weighted by molar-refractivity contribution is 0.402. The molecule has 0 aromatic heterocycles. The van der Waals surface area contributed by atoms with Crippen molar-refractivity contribution in [2.45, 2.75) is 58.8 Å². The predicted molar refractivity (Wildman–Crippen MR) is 102 cm³/mol. The standard InChI is InChI=1S/C23H32/c1-18(2)17-22(20-11-7-5-8-12-20)15-16-23(19(3)4)21-13-9-6-10-14-21/h5-14,18-19,22-23H,15-17H2,1-4H3. The van der Waals surface area contributed by atoms with E-state index in [2.05, 4.69) is 88.4 Å². The molecule has 0 heterocycles. The molecular weight excluding hydrogens is 276 g/mol. The first-order chi connectivity index (χ1) is 11.1. The average molecular weight is 309 g/mol. The van der Waals surface area contributed by atoms with Crippen molar-refractivity contribution in [3.8, 4) is 0 Å². The Morgan fingerprint density at radius 3 is 1.65 bits per heavy atom. The zero-order valence-corrected chi connectivity index (χ0v) is 15.2. The van der Waals surface area contributed by atoms with Crippen molar-refractivity contribution in [3.05, 3.63) is 71.8 Å². The summed E-state index contributed by atoms with van der Waals surface area (Å²) in [6.45, 7) is 9.40. The smallest absolute Gasteiger partial charge is 0.0139 e. The minimum atomic E-state index is 0.662. The first-order valence-corrected chi connectivity index (χ1v) is 9.17. The van der Waals surface area contributed by atoms with Crippen LogP contribution in [0.4, 0.5) is 0 Å². The molecule has 2 rings (SSSR count). The maximum absolute atomic E-state index is 2.36. The summed E-state index contributed by atoms with van der Waals surface area (Å²) in [6, 6.07) is 22.2. The summed E-state index contributed by atoms with van der Waals surface area (Å²) in [6.07, 6.45) is 3.83. The highest BCUT2D eigenvalue weighted by Gasteiger charge is 2.19. The second kappa shape index (κ2) is 8.91. The summed E-state index contributed by atoms with van der Waals surface area (Å²) in [5.41, 5.74) is 3.01. The number of hydrogen-bond acceptors (Lipinski definition) is 0. The topological polar surface area (TPSA) is 0 Å². The second-order valence-electron chi connectivity index (χ2n) is 7.58. The molecule has 0 nitrogen and oxygen atoms in total. The van der Waals surface area contributed by atoms with Gasteiger partial charge in [-0.05, 0) is 54.1 Å². The summed E-state index contributed by atoms with van der Waals surface area (Å²) < 4.78 is 0. The van der Waals surface area contributed by atoms with E-state index in [-0.39, 0.29) is 0 Å². The molecule has 0 aliphatic carbocycles. The highest BCUT2D eigenvalue weighted by Crippen LogP contribution is 2.35. The Morgan fingerprint density at radius 2 is 1.17 bits per heavy atom. The SMILES string of the molecule is CC(C)CC(CCC(c1ccccc1)C(C)C)c1ccccc1. The van der Waals surface area contributed by atoms with E-state index in [0.29, 0.717) is 17.8 Å². The molecule has 0 N–H and O–H groups in total. The largest absolute Gasteiger partial charge is 0.0628 e. The molecule has 23 heavy (non-hydrogen) atoms. The molecule has 0 amide bonds. The van der Waals surface area contributed by atoms with Crippen LogP contribution in [0.3, 0.4) is 0 Å². The van der Waals surface area contributed by atoms with Gasteiger partial charge in [-0.3, -0.25) is 0 Å². The Hall–Kier alpha value is -1.56. The predicted octanol–water partition coefficient (Wildman–Crippen LogP) is 7.04. The third kappa shape index (κ3) is 5.53. The van der Waals surface area contributed by atoms with E-state index in [1.807, 2.05) is 0 Å². The normalized spacial score (nSPS) is 14.2. The number of hydrogen-bond donors (Lipinski definition) is 0. The molecule has 0 spiro atoms. The van der Waals surface area contributed by atoms with Crippen LogP contribution < -0.4 is 0 Å². The van der Waals surface area contributed by atoms with Crippen LogP contribution in [0.25, 0.3) is 0 Å². The Bertz CT molecular complexity index is 539. The van der Waals surface area contributed by atoms with Crippen molar-refractivity contribution < 1.29 is 0 Å². The zero-order chi connectivity index (χ0) is 16.7. The van der Waals surface area contributed by atoms with Crippen molar-refractivity contribution >= 4 is 0 Å². The summed E-state index contributed by atoms with van der Waals surface area (Å²) in [5, 5.41) is 0. The van der Waals surface area contributed by atoms with Crippen LogP contribution in [0.1, 0.15) is 69.9 Å². The third-order valence-electron chi connectivity index (χ3n) is 4.89. The van der Waals surface area contributed by atoms with Crippen molar-refractivity contribution in [2.24, 2.45) is 11.8 Å². The van der Waals surface area contributed by atoms with Crippen LogP contribution in [0.5, 0.6) is 0 Å². The van der Waals surface area contributed by atoms with E-state index in [1.165, 1.54) is 30.4 Å². The van der Waals surface area contributed by atoms with Crippen molar-refractivity contribution in [1.82, 2.24) is 0 Å². The van der Waals surface area contributed by atoms with Crippen molar-refractivity contribution in [3.63, 3.8) is 0 Å². The third-order valence-corrected chi connectivity index (χ3v) is 4.89. The van der Waals surface area contributed by atoms with Crippen LogP contribution in [0, 0.1) is 11.8 Å². The van der Waals surface area contributed by atoms with Crippen LogP contribution in [0.2, 0.25) is 0 Å². The molecule has 2 unspecified atom stereocenters. The molecule has 0 saturated carbocycles. The molecule has 0 aliphatic heterocycles. The quantitative estimate of drug-likeness (QED) is 0.490. The fourth-order valence-electron chi connectivity index (χ4n) is 3.68. The van der Waals surface area contributed by atoms with E-state index >= 15 is 0 Å². The van der Waals surface area contributed by atoms with Crippen molar-refractivity contribution in [2.75, 3.05) is 0 Å². The lowest BCUT2D eigenvalue weighted by Crippen LogP contribution is -2.10. The maximum Gasteiger partial charge on any atom is -0.0139 e. The molecular formula is C23H32. The minimum absolute atomic E-state index is 0.662. The lowest BCUT2D eigenvalue weighted by atomic mass is 9.79. The monoisotopic (exact) mass is 308 g/mol. The van der Waals surface area contributed by atoms with Gasteiger partial charge in [0, 0.05) is 0 Å². The first kappa shape index (κ1) is 17.8. The number of rotatable bonds is 8. The van der Waals surface area contributed by atoms with E-state index in [4.69, 9.17) is 0 Å². The molecule has 0 fully saturated rings. The molecule has 2 aromatic rings. The molecule has 0 heteroatoms. The first-order valence-electron chi connectivity index (χ1n) is 9.17. The Morgan fingerprint density at radius 1 is 0.652 bits per heavy atom. The van der Waals surface area contributed by atoms with Crippen LogP contribution in [0.15, 0.2) is 60.7 Å². The van der Waals surface area contributed by atoms with Gasteiger partial charge in [-0.15, -0.1) is 0 Å². The molecule has 0 bridgehead atoms. The highest BCUT2D eigenvalue weighted by atomic mass is 14.2. The van der Waals surface area contributed by atoms with E-state index in [0.717, 1.165) is 5.92 Å².